The van der Waals surface area contributed by atoms with Crippen LogP contribution < -0.4 is 9.64 Å². The first-order valence-electron chi connectivity index (χ1n) is 9.54. The fraction of sp³-hybridized carbons (Fsp3) is 0.364. The van der Waals surface area contributed by atoms with E-state index in [0.717, 1.165) is 5.56 Å². The molecule has 0 saturated heterocycles. The molecule has 0 saturated carbocycles. The van der Waals surface area contributed by atoms with Crippen LogP contribution in [0, 0.1) is 5.82 Å². The Kier molecular flexibility index (Phi) is 8.73. The Morgan fingerprint density at radius 1 is 1.19 bits per heavy atom. The second-order valence-corrected chi connectivity index (χ2v) is 8.37. The molecule has 3 rings (SSSR count). The number of methoxy groups -OCH3 is 1. The zero-order valence-corrected chi connectivity index (χ0v) is 19.5. The lowest BCUT2D eigenvalue weighted by Gasteiger charge is -2.28. The van der Waals surface area contributed by atoms with Crippen molar-refractivity contribution in [2.45, 2.75) is 23.2 Å². The molecular weight excluding hydrogens is 443 g/mol. The summed E-state index contributed by atoms with van der Waals surface area (Å²) >= 11 is 1.19. The zero-order chi connectivity index (χ0) is 21.8. The number of benzene rings is 2. The summed E-state index contributed by atoms with van der Waals surface area (Å²) in [5.74, 6) is -0.690. The molecule has 0 fully saturated rings. The number of thioether (sulfide) groups is 1. The van der Waals surface area contributed by atoms with E-state index >= 15 is 0 Å². The molecule has 1 aliphatic heterocycles. The van der Waals surface area contributed by atoms with Crippen LogP contribution in [0.25, 0.3) is 0 Å². The molecule has 0 spiro atoms. The summed E-state index contributed by atoms with van der Waals surface area (Å²) in [5.41, 5.74) is 1.23. The van der Waals surface area contributed by atoms with E-state index in [0.29, 0.717) is 29.4 Å². The van der Waals surface area contributed by atoms with E-state index in [2.05, 4.69) is 0 Å². The van der Waals surface area contributed by atoms with Crippen molar-refractivity contribution < 1.29 is 23.5 Å². The van der Waals surface area contributed by atoms with Crippen molar-refractivity contribution in [3.8, 4) is 5.75 Å². The van der Waals surface area contributed by atoms with Gasteiger partial charge in [-0.25, -0.2) is 4.39 Å². The van der Waals surface area contributed by atoms with Crippen LogP contribution in [-0.4, -0.2) is 57.2 Å². The van der Waals surface area contributed by atoms with Gasteiger partial charge in [0.1, 0.15) is 11.6 Å². The fourth-order valence-corrected chi connectivity index (χ4v) is 4.60. The Hall–Kier alpha value is -2.29. The molecular formula is C22H26ClFN2O4S. The standard InChI is InChI=1S/C22H25FN2O4S.ClH/c1-14(26)29-19-20(15-8-10-16(28-4)11-9-15)30-21-17(23)6-5-7-18(21)25(22(19)27)13-12-24(2)3;/h5-11,19-20H,12-13H2,1-4H3;1H. The van der Waals surface area contributed by atoms with Gasteiger partial charge in [0, 0.05) is 20.0 Å². The number of nitrogens with zero attached hydrogens (tertiary/aromatic N) is 2. The van der Waals surface area contributed by atoms with Gasteiger partial charge < -0.3 is 19.3 Å². The van der Waals surface area contributed by atoms with Crippen molar-refractivity contribution >= 4 is 41.7 Å². The number of amides is 1. The van der Waals surface area contributed by atoms with Gasteiger partial charge in [0.15, 0.2) is 6.10 Å². The van der Waals surface area contributed by atoms with Gasteiger partial charge in [0.25, 0.3) is 5.91 Å². The highest BCUT2D eigenvalue weighted by molar-refractivity contribution is 7.99. The molecule has 31 heavy (non-hydrogen) atoms. The van der Waals surface area contributed by atoms with Gasteiger partial charge in [0.2, 0.25) is 0 Å². The highest BCUT2D eigenvalue weighted by Crippen LogP contribution is 2.47. The molecule has 2 aromatic carbocycles. The van der Waals surface area contributed by atoms with Crippen molar-refractivity contribution in [2.75, 3.05) is 39.2 Å². The van der Waals surface area contributed by atoms with Gasteiger partial charge in [-0.15, -0.1) is 24.2 Å². The van der Waals surface area contributed by atoms with E-state index in [1.54, 1.807) is 43.5 Å². The summed E-state index contributed by atoms with van der Waals surface area (Å²) in [6.07, 6.45) is -1.09. The number of hydrogen-bond donors (Lipinski definition) is 0. The molecule has 0 N–H and O–H groups in total. The van der Waals surface area contributed by atoms with E-state index in [1.165, 1.54) is 29.7 Å². The topological polar surface area (TPSA) is 59.1 Å². The summed E-state index contributed by atoms with van der Waals surface area (Å²) in [5, 5.41) is -0.604. The summed E-state index contributed by atoms with van der Waals surface area (Å²) in [6.45, 7) is 2.19. The van der Waals surface area contributed by atoms with Crippen molar-refractivity contribution in [3.63, 3.8) is 0 Å². The van der Waals surface area contributed by atoms with Gasteiger partial charge in [-0.2, -0.15) is 0 Å². The molecule has 168 valence electrons. The smallest absolute Gasteiger partial charge is 0.303 e. The number of rotatable bonds is 6. The lowest BCUT2D eigenvalue weighted by Crippen LogP contribution is -2.45. The summed E-state index contributed by atoms with van der Waals surface area (Å²) < 4.78 is 25.6. The van der Waals surface area contributed by atoms with E-state index in [4.69, 9.17) is 9.47 Å². The van der Waals surface area contributed by atoms with E-state index in [-0.39, 0.29) is 18.3 Å². The molecule has 2 unspecified atom stereocenters. The van der Waals surface area contributed by atoms with Crippen LogP contribution in [0.4, 0.5) is 10.1 Å². The molecule has 1 amide bonds. The lowest BCUT2D eigenvalue weighted by molar-refractivity contribution is -0.152. The molecule has 6 nitrogen and oxygen atoms in total. The monoisotopic (exact) mass is 468 g/mol. The Morgan fingerprint density at radius 3 is 2.45 bits per heavy atom. The average Bonchev–Trinajstić information content (AvgIpc) is 2.82. The number of likely N-dealkylation sites (N-methyl/N-ethyl adjacent to an activating group) is 1. The lowest BCUT2D eigenvalue weighted by atomic mass is 10.1. The molecule has 2 atom stereocenters. The van der Waals surface area contributed by atoms with Gasteiger partial charge >= 0.3 is 5.97 Å². The number of fused-ring (bicyclic) bond motifs is 1. The second kappa shape index (κ2) is 10.8. The van der Waals surface area contributed by atoms with Crippen molar-refractivity contribution in [3.05, 3.63) is 53.8 Å². The van der Waals surface area contributed by atoms with Gasteiger partial charge in [-0.3, -0.25) is 9.59 Å². The van der Waals surface area contributed by atoms with Crippen molar-refractivity contribution in [1.82, 2.24) is 4.90 Å². The Labute approximate surface area is 192 Å². The van der Waals surface area contributed by atoms with Crippen molar-refractivity contribution in [2.24, 2.45) is 0 Å². The maximum atomic E-state index is 14.9. The first-order chi connectivity index (χ1) is 14.3. The predicted octanol–water partition coefficient (Wildman–Crippen LogP) is 3.93. The van der Waals surface area contributed by atoms with E-state index < -0.39 is 23.1 Å². The number of anilines is 1. The van der Waals surface area contributed by atoms with Crippen LogP contribution in [0.5, 0.6) is 5.75 Å². The highest BCUT2D eigenvalue weighted by atomic mass is 35.5. The normalized spacial score (nSPS) is 18.1. The molecule has 1 aliphatic rings. The predicted molar refractivity (Wildman–Crippen MR) is 122 cm³/mol. The number of halogens is 2. The van der Waals surface area contributed by atoms with Gasteiger partial charge in [-0.05, 0) is 43.9 Å². The summed E-state index contributed by atoms with van der Waals surface area (Å²) in [4.78, 5) is 29.2. The molecule has 0 radical (unpaired) electrons. The largest absolute Gasteiger partial charge is 0.497 e. The van der Waals surface area contributed by atoms with Crippen LogP contribution in [0.2, 0.25) is 0 Å². The fourth-order valence-electron chi connectivity index (χ4n) is 3.28. The molecule has 1 heterocycles. The maximum Gasteiger partial charge on any atom is 0.303 e. The average molecular weight is 469 g/mol. The van der Waals surface area contributed by atoms with Gasteiger partial charge in [-0.1, -0.05) is 18.2 Å². The summed E-state index contributed by atoms with van der Waals surface area (Å²) in [7, 11) is 5.36. The van der Waals surface area contributed by atoms with Crippen LogP contribution in [-0.2, 0) is 14.3 Å². The maximum absolute atomic E-state index is 14.9. The van der Waals surface area contributed by atoms with Crippen LogP contribution >= 0.6 is 24.2 Å². The van der Waals surface area contributed by atoms with Crippen molar-refractivity contribution in [1.29, 1.82) is 0 Å². The molecule has 9 heteroatoms. The Bertz CT molecular complexity index is 926. The van der Waals surface area contributed by atoms with Crippen LogP contribution in [0.3, 0.4) is 0 Å². The number of ether oxygens (including phenoxy) is 2. The molecule has 2 aromatic rings. The zero-order valence-electron chi connectivity index (χ0n) is 17.8. The Morgan fingerprint density at radius 2 is 1.87 bits per heavy atom. The number of carbonyl (C=O) groups excluding carboxylic acids is 2. The van der Waals surface area contributed by atoms with Crippen LogP contribution in [0.1, 0.15) is 17.7 Å². The first-order valence-corrected chi connectivity index (χ1v) is 10.4. The second-order valence-electron chi connectivity index (χ2n) is 7.22. The number of carbonyl (C=O) groups is 2. The molecule has 0 aromatic heterocycles. The number of esters is 1. The van der Waals surface area contributed by atoms with Gasteiger partial charge in [0.05, 0.1) is 22.9 Å². The molecule has 0 bridgehead atoms. The van der Waals surface area contributed by atoms with Crippen LogP contribution in [0.15, 0.2) is 47.4 Å². The minimum Gasteiger partial charge on any atom is -0.497 e. The number of hydrogen-bond acceptors (Lipinski definition) is 6. The molecule has 0 aliphatic carbocycles. The highest BCUT2D eigenvalue weighted by Gasteiger charge is 2.41. The van der Waals surface area contributed by atoms with E-state index in [1.807, 2.05) is 19.0 Å². The van der Waals surface area contributed by atoms with E-state index in [9.17, 15) is 14.0 Å². The third kappa shape index (κ3) is 5.70. The SMILES string of the molecule is COc1ccc(C2Sc3c(F)cccc3N(CCN(C)C)C(=O)C2OC(C)=O)cc1.Cl. The Balaban J connectivity index is 0.00000341. The third-order valence-corrected chi connectivity index (χ3v) is 6.19. The minimum atomic E-state index is -1.09. The minimum absolute atomic E-state index is 0. The first kappa shape index (κ1) is 25.0. The summed E-state index contributed by atoms with van der Waals surface area (Å²) in [6, 6.07) is 11.8. The third-order valence-electron chi connectivity index (χ3n) is 4.77. The quantitative estimate of drug-likeness (QED) is 0.599.